The molecule has 2 aromatic carbocycles. The van der Waals surface area contributed by atoms with Crippen molar-refractivity contribution < 1.29 is 0 Å². The fraction of sp³-hybridized carbons (Fsp3) is 0.105. The van der Waals surface area contributed by atoms with Gasteiger partial charge in [-0.25, -0.2) is 4.98 Å². The second-order valence-electron chi connectivity index (χ2n) is 5.66. The van der Waals surface area contributed by atoms with E-state index in [1.165, 1.54) is 16.7 Å². The van der Waals surface area contributed by atoms with Crippen LogP contribution in [-0.4, -0.2) is 9.55 Å². The molecule has 0 bridgehead atoms. The fourth-order valence-electron chi connectivity index (χ4n) is 3.15. The van der Waals surface area contributed by atoms with Gasteiger partial charge in [0, 0.05) is 12.4 Å². The number of aromatic nitrogens is 2. The molecule has 0 amide bonds. The van der Waals surface area contributed by atoms with Gasteiger partial charge in [-0.3, -0.25) is 0 Å². The SMILES string of the molecule is Clc1ccc(/C=C2\c3ccccc3CC2n2ccnc2)cc1Cl. The molecule has 4 heteroatoms. The molecule has 0 fully saturated rings. The number of halogens is 2. The third-order valence-electron chi connectivity index (χ3n) is 4.25. The van der Waals surface area contributed by atoms with E-state index in [-0.39, 0.29) is 6.04 Å². The second-order valence-corrected chi connectivity index (χ2v) is 6.47. The van der Waals surface area contributed by atoms with E-state index in [4.69, 9.17) is 23.2 Å². The first kappa shape index (κ1) is 14.6. The summed E-state index contributed by atoms with van der Waals surface area (Å²) < 4.78 is 2.16. The molecular weight excluding hydrogens is 327 g/mol. The molecule has 0 N–H and O–H groups in total. The highest BCUT2D eigenvalue weighted by Crippen LogP contribution is 2.41. The monoisotopic (exact) mass is 340 g/mol. The van der Waals surface area contributed by atoms with Gasteiger partial charge in [-0.05, 0) is 46.9 Å². The molecule has 4 rings (SSSR count). The molecule has 3 aromatic rings. The summed E-state index contributed by atoms with van der Waals surface area (Å²) in [7, 11) is 0. The lowest BCUT2D eigenvalue weighted by molar-refractivity contribution is 0.638. The maximum absolute atomic E-state index is 6.16. The minimum Gasteiger partial charge on any atom is -0.330 e. The zero-order valence-electron chi connectivity index (χ0n) is 12.3. The maximum Gasteiger partial charge on any atom is 0.0951 e. The fourth-order valence-corrected chi connectivity index (χ4v) is 3.46. The average Bonchev–Trinajstić information content (AvgIpc) is 3.19. The molecule has 0 aliphatic heterocycles. The van der Waals surface area contributed by atoms with Gasteiger partial charge >= 0.3 is 0 Å². The van der Waals surface area contributed by atoms with Crippen LogP contribution in [0.5, 0.6) is 0 Å². The number of imidazole rings is 1. The molecule has 2 nitrogen and oxygen atoms in total. The van der Waals surface area contributed by atoms with E-state index in [0.29, 0.717) is 10.0 Å². The second kappa shape index (κ2) is 5.88. The Morgan fingerprint density at radius 3 is 2.74 bits per heavy atom. The van der Waals surface area contributed by atoms with Gasteiger partial charge in [0.2, 0.25) is 0 Å². The van der Waals surface area contributed by atoms with Gasteiger partial charge in [-0.1, -0.05) is 53.5 Å². The Morgan fingerprint density at radius 2 is 1.96 bits per heavy atom. The minimum atomic E-state index is 0.254. The zero-order valence-corrected chi connectivity index (χ0v) is 13.8. The van der Waals surface area contributed by atoms with Crippen LogP contribution in [0.1, 0.15) is 22.7 Å². The lowest BCUT2D eigenvalue weighted by atomic mass is 10.0. The van der Waals surface area contributed by atoms with E-state index in [2.05, 4.69) is 39.9 Å². The van der Waals surface area contributed by atoms with Gasteiger partial charge in [-0.2, -0.15) is 0 Å². The highest BCUT2D eigenvalue weighted by Gasteiger charge is 2.27. The van der Waals surface area contributed by atoms with Crippen LogP contribution in [-0.2, 0) is 6.42 Å². The van der Waals surface area contributed by atoms with Crippen LogP contribution < -0.4 is 0 Å². The third kappa shape index (κ3) is 2.69. The number of fused-ring (bicyclic) bond motifs is 1. The Balaban J connectivity index is 1.84. The molecule has 0 saturated carbocycles. The van der Waals surface area contributed by atoms with Crippen LogP contribution in [0.3, 0.4) is 0 Å². The smallest absolute Gasteiger partial charge is 0.0951 e. The summed E-state index contributed by atoms with van der Waals surface area (Å²) in [5.74, 6) is 0. The van der Waals surface area contributed by atoms with E-state index in [1.807, 2.05) is 36.9 Å². The van der Waals surface area contributed by atoms with E-state index >= 15 is 0 Å². The summed E-state index contributed by atoms with van der Waals surface area (Å²) in [6.07, 6.45) is 8.87. The predicted molar refractivity (Wildman–Crippen MR) is 95.7 cm³/mol. The Bertz CT molecular complexity index is 882. The highest BCUT2D eigenvalue weighted by molar-refractivity contribution is 6.42. The Labute approximate surface area is 145 Å². The van der Waals surface area contributed by atoms with Crippen LogP contribution in [0.25, 0.3) is 11.6 Å². The lowest BCUT2D eigenvalue weighted by Crippen LogP contribution is -2.05. The molecule has 1 aliphatic rings. The molecule has 0 spiro atoms. The van der Waals surface area contributed by atoms with Crippen LogP contribution >= 0.6 is 23.2 Å². The van der Waals surface area contributed by atoms with Crippen molar-refractivity contribution in [2.75, 3.05) is 0 Å². The number of benzene rings is 2. The Morgan fingerprint density at radius 1 is 1.09 bits per heavy atom. The number of hydrogen-bond donors (Lipinski definition) is 0. The van der Waals surface area contributed by atoms with E-state index < -0.39 is 0 Å². The first-order valence-corrected chi connectivity index (χ1v) is 8.20. The Hall–Kier alpha value is -2.03. The van der Waals surface area contributed by atoms with Gasteiger partial charge < -0.3 is 4.57 Å². The van der Waals surface area contributed by atoms with Gasteiger partial charge in [-0.15, -0.1) is 0 Å². The number of rotatable bonds is 2. The van der Waals surface area contributed by atoms with E-state index in [0.717, 1.165) is 12.0 Å². The summed E-state index contributed by atoms with van der Waals surface area (Å²) in [6, 6.07) is 14.5. The molecular formula is C19H14Cl2N2. The lowest BCUT2D eigenvalue weighted by Gasteiger charge is -2.14. The molecule has 1 aliphatic carbocycles. The first-order chi connectivity index (χ1) is 11.2. The standard InChI is InChI=1S/C19H14Cl2N2/c20-17-6-5-13(10-18(17)21)9-16-15-4-2-1-3-14(15)11-19(16)23-8-7-22-12-23/h1-10,12,19H,11H2/b16-9+. The van der Waals surface area contributed by atoms with Crippen molar-refractivity contribution in [3.05, 3.63) is 87.9 Å². The molecule has 114 valence electrons. The minimum absolute atomic E-state index is 0.254. The van der Waals surface area contributed by atoms with Crippen molar-refractivity contribution in [2.45, 2.75) is 12.5 Å². The Kier molecular flexibility index (Phi) is 3.72. The molecule has 0 saturated heterocycles. The third-order valence-corrected chi connectivity index (χ3v) is 4.99. The van der Waals surface area contributed by atoms with Gasteiger partial charge in [0.15, 0.2) is 0 Å². The summed E-state index contributed by atoms with van der Waals surface area (Å²) in [4.78, 5) is 4.19. The van der Waals surface area contributed by atoms with Gasteiger partial charge in [0.1, 0.15) is 0 Å². The molecule has 1 atom stereocenters. The van der Waals surface area contributed by atoms with Crippen LogP contribution in [0.2, 0.25) is 10.0 Å². The molecule has 1 aromatic heterocycles. The van der Waals surface area contributed by atoms with E-state index in [9.17, 15) is 0 Å². The highest BCUT2D eigenvalue weighted by atomic mass is 35.5. The van der Waals surface area contributed by atoms with Crippen LogP contribution in [0.15, 0.2) is 61.2 Å². The first-order valence-electron chi connectivity index (χ1n) is 7.45. The summed E-state index contributed by atoms with van der Waals surface area (Å²) in [5.41, 5.74) is 4.97. The molecule has 1 unspecified atom stereocenters. The predicted octanol–water partition coefficient (Wildman–Crippen LogP) is 5.53. The van der Waals surface area contributed by atoms with Gasteiger partial charge in [0.25, 0.3) is 0 Å². The van der Waals surface area contributed by atoms with E-state index in [1.54, 1.807) is 0 Å². The normalized spacial score (nSPS) is 18.3. The largest absolute Gasteiger partial charge is 0.330 e. The van der Waals surface area contributed by atoms with Gasteiger partial charge in [0.05, 0.1) is 22.4 Å². The molecule has 23 heavy (non-hydrogen) atoms. The number of allylic oxidation sites excluding steroid dienone is 1. The topological polar surface area (TPSA) is 17.8 Å². The summed E-state index contributed by atoms with van der Waals surface area (Å²) in [5, 5.41) is 1.15. The van der Waals surface area contributed by atoms with Crippen molar-refractivity contribution in [3.8, 4) is 0 Å². The summed E-state index contributed by atoms with van der Waals surface area (Å²) >= 11 is 12.2. The van der Waals surface area contributed by atoms with Crippen molar-refractivity contribution in [3.63, 3.8) is 0 Å². The van der Waals surface area contributed by atoms with Crippen molar-refractivity contribution in [1.29, 1.82) is 0 Å². The van der Waals surface area contributed by atoms with Crippen molar-refractivity contribution in [1.82, 2.24) is 9.55 Å². The molecule has 0 radical (unpaired) electrons. The number of nitrogens with zero attached hydrogens (tertiary/aromatic N) is 2. The maximum atomic E-state index is 6.16. The van der Waals surface area contributed by atoms with Crippen LogP contribution in [0, 0.1) is 0 Å². The summed E-state index contributed by atoms with van der Waals surface area (Å²) in [6.45, 7) is 0. The van der Waals surface area contributed by atoms with Crippen molar-refractivity contribution in [2.24, 2.45) is 0 Å². The quantitative estimate of drug-likeness (QED) is 0.599. The molecule has 1 heterocycles. The van der Waals surface area contributed by atoms with Crippen LogP contribution in [0.4, 0.5) is 0 Å². The average molecular weight is 341 g/mol. The van der Waals surface area contributed by atoms with Crippen molar-refractivity contribution >= 4 is 34.9 Å². The number of hydrogen-bond acceptors (Lipinski definition) is 1. The zero-order chi connectivity index (χ0) is 15.8.